The van der Waals surface area contributed by atoms with E-state index in [2.05, 4.69) is 4.98 Å². The van der Waals surface area contributed by atoms with E-state index in [-0.39, 0.29) is 0 Å². The second kappa shape index (κ2) is 8.44. The number of esters is 1. The lowest BCUT2D eigenvalue weighted by Gasteiger charge is -2.09. The van der Waals surface area contributed by atoms with Crippen LogP contribution in [0.15, 0.2) is 36.7 Å². The van der Waals surface area contributed by atoms with Crippen molar-refractivity contribution in [2.75, 3.05) is 20.7 Å². The molecule has 0 amide bonds. The summed E-state index contributed by atoms with van der Waals surface area (Å²) in [7, 11) is 3.83. The lowest BCUT2D eigenvalue weighted by molar-refractivity contribution is 0.0525. The monoisotopic (exact) mass is 398 g/mol. The highest BCUT2D eigenvalue weighted by molar-refractivity contribution is 6.30. The quantitative estimate of drug-likeness (QED) is 0.578. The van der Waals surface area contributed by atoms with Crippen molar-refractivity contribution < 1.29 is 9.53 Å². The minimum atomic E-state index is -0.423. The number of nitrogens with zero attached hydrogens (tertiary/aromatic N) is 4. The molecule has 0 N–H and O–H groups in total. The number of aromatic nitrogens is 3. The summed E-state index contributed by atoms with van der Waals surface area (Å²) in [5.74, 6) is -0.423. The number of rotatable bonds is 6. The molecule has 0 fully saturated rings. The molecule has 3 aromatic rings. The third-order valence-corrected chi connectivity index (χ3v) is 4.46. The van der Waals surface area contributed by atoms with Crippen LogP contribution in [-0.4, -0.2) is 46.2 Å². The second-order valence-electron chi connectivity index (χ2n) is 6.48. The Morgan fingerprint density at radius 3 is 2.75 bits per heavy atom. The Kier molecular flexibility index (Phi) is 5.99. The van der Waals surface area contributed by atoms with Crippen LogP contribution in [0.3, 0.4) is 0 Å². The number of benzene rings is 1. The molecule has 0 radical (unpaired) electrons. The Morgan fingerprint density at radius 2 is 2.11 bits per heavy atom. The van der Waals surface area contributed by atoms with Gasteiger partial charge >= 0.3 is 5.97 Å². The van der Waals surface area contributed by atoms with Crippen molar-refractivity contribution in [2.45, 2.75) is 20.3 Å². The van der Waals surface area contributed by atoms with Gasteiger partial charge in [-0.2, -0.15) is 5.10 Å². The van der Waals surface area contributed by atoms with E-state index in [1.165, 1.54) is 0 Å². The highest BCUT2D eigenvalue weighted by Crippen LogP contribution is 2.31. The van der Waals surface area contributed by atoms with Crippen LogP contribution < -0.4 is 0 Å². The van der Waals surface area contributed by atoms with E-state index in [0.717, 1.165) is 23.2 Å². The molecule has 0 spiro atoms. The summed E-state index contributed by atoms with van der Waals surface area (Å²) in [5, 5.41) is 5.40. The third kappa shape index (κ3) is 3.87. The van der Waals surface area contributed by atoms with E-state index in [1.807, 2.05) is 62.5 Å². The minimum absolute atomic E-state index is 0.292. The van der Waals surface area contributed by atoms with Crippen LogP contribution in [0.5, 0.6) is 0 Å². The minimum Gasteiger partial charge on any atom is -0.462 e. The molecular formula is C21H23ClN4O2. The first-order chi connectivity index (χ1) is 13.5. The molecular weight excluding hydrogens is 376 g/mol. The molecule has 7 heteroatoms. The predicted molar refractivity (Wildman–Crippen MR) is 111 cm³/mol. The Labute approximate surface area is 169 Å². The van der Waals surface area contributed by atoms with Gasteiger partial charge in [0.1, 0.15) is 5.56 Å². The van der Waals surface area contributed by atoms with Gasteiger partial charge in [0, 0.05) is 37.1 Å². The Balaban J connectivity index is 2.31. The van der Waals surface area contributed by atoms with Gasteiger partial charge in [-0.25, -0.2) is 14.3 Å². The van der Waals surface area contributed by atoms with Gasteiger partial charge in [0.05, 0.1) is 18.0 Å². The maximum atomic E-state index is 12.5. The largest absolute Gasteiger partial charge is 0.462 e. The lowest BCUT2D eigenvalue weighted by Crippen LogP contribution is -2.12. The zero-order valence-electron chi connectivity index (χ0n) is 16.4. The fourth-order valence-electron chi connectivity index (χ4n) is 2.98. The fraction of sp³-hybridized carbons (Fsp3) is 0.286. The molecule has 0 aliphatic rings. The molecule has 0 bridgehead atoms. The Hall–Kier alpha value is -2.86. The predicted octanol–water partition coefficient (Wildman–Crippen LogP) is 4.32. The zero-order valence-corrected chi connectivity index (χ0v) is 17.2. The van der Waals surface area contributed by atoms with Crippen molar-refractivity contribution in [2.24, 2.45) is 0 Å². The van der Waals surface area contributed by atoms with Crippen LogP contribution >= 0.6 is 11.6 Å². The summed E-state index contributed by atoms with van der Waals surface area (Å²) < 4.78 is 6.91. The van der Waals surface area contributed by atoms with Gasteiger partial charge < -0.3 is 9.64 Å². The van der Waals surface area contributed by atoms with E-state index in [0.29, 0.717) is 28.5 Å². The SMILES string of the molecule is CCOC(=O)c1cnc2c(-c3cccc(Cl)c3)c(CC)nn2c1/C=C/N(C)C. The molecule has 0 atom stereocenters. The number of carbonyl (C=O) groups is 1. The van der Waals surface area contributed by atoms with Gasteiger partial charge in [0.2, 0.25) is 0 Å². The smallest absolute Gasteiger partial charge is 0.341 e. The van der Waals surface area contributed by atoms with Gasteiger partial charge in [-0.15, -0.1) is 0 Å². The lowest BCUT2D eigenvalue weighted by atomic mass is 10.0. The summed E-state index contributed by atoms with van der Waals surface area (Å²) >= 11 is 6.20. The van der Waals surface area contributed by atoms with Crippen LogP contribution in [-0.2, 0) is 11.2 Å². The van der Waals surface area contributed by atoms with Crippen LogP contribution in [0.1, 0.15) is 35.6 Å². The molecule has 3 rings (SSSR count). The average Bonchev–Trinajstić information content (AvgIpc) is 3.05. The number of halogens is 1. The van der Waals surface area contributed by atoms with Crippen LogP contribution in [0.25, 0.3) is 22.9 Å². The topological polar surface area (TPSA) is 59.7 Å². The molecule has 6 nitrogen and oxygen atoms in total. The van der Waals surface area contributed by atoms with Crippen molar-refractivity contribution in [3.8, 4) is 11.1 Å². The normalized spacial score (nSPS) is 11.3. The maximum absolute atomic E-state index is 12.5. The first kappa shape index (κ1) is 19.9. The maximum Gasteiger partial charge on any atom is 0.341 e. The Morgan fingerprint density at radius 1 is 1.32 bits per heavy atom. The van der Waals surface area contributed by atoms with Crippen LogP contribution in [0.4, 0.5) is 0 Å². The standard InChI is InChI=1S/C21H23ClN4O2/c1-5-17-19(14-8-7-9-15(22)12-14)20-23-13-16(21(27)28-6-2)18(26(20)24-17)10-11-25(3)4/h7-13H,5-6H2,1-4H3/b11-10+. The Bertz CT molecular complexity index is 1040. The molecule has 0 unspecified atom stereocenters. The number of carbonyl (C=O) groups excluding carboxylic acids is 1. The molecule has 2 aromatic heterocycles. The summed E-state index contributed by atoms with van der Waals surface area (Å²) in [4.78, 5) is 18.9. The van der Waals surface area contributed by atoms with Crippen molar-refractivity contribution in [1.82, 2.24) is 19.5 Å². The highest BCUT2D eigenvalue weighted by Gasteiger charge is 2.21. The van der Waals surface area contributed by atoms with Gasteiger partial charge in [-0.3, -0.25) is 0 Å². The van der Waals surface area contributed by atoms with E-state index in [9.17, 15) is 4.79 Å². The molecule has 0 saturated carbocycles. The van der Waals surface area contributed by atoms with Crippen LogP contribution in [0.2, 0.25) is 5.02 Å². The number of hydrogen-bond donors (Lipinski definition) is 0. The molecule has 0 saturated heterocycles. The molecule has 0 aliphatic carbocycles. The number of ether oxygens (including phenoxy) is 1. The van der Waals surface area contributed by atoms with Gasteiger partial charge in [0.15, 0.2) is 5.65 Å². The first-order valence-electron chi connectivity index (χ1n) is 9.14. The van der Waals surface area contributed by atoms with E-state index >= 15 is 0 Å². The summed E-state index contributed by atoms with van der Waals surface area (Å²) in [6.45, 7) is 4.11. The summed E-state index contributed by atoms with van der Waals surface area (Å²) in [5.41, 5.74) is 4.41. The zero-order chi connectivity index (χ0) is 20.3. The van der Waals surface area contributed by atoms with Gasteiger partial charge in [-0.1, -0.05) is 30.7 Å². The van der Waals surface area contributed by atoms with Crippen molar-refractivity contribution in [1.29, 1.82) is 0 Å². The highest BCUT2D eigenvalue weighted by atomic mass is 35.5. The second-order valence-corrected chi connectivity index (χ2v) is 6.91. The van der Waals surface area contributed by atoms with E-state index in [1.54, 1.807) is 17.6 Å². The summed E-state index contributed by atoms with van der Waals surface area (Å²) in [6.07, 6.45) is 5.98. The fourth-order valence-corrected chi connectivity index (χ4v) is 3.17. The first-order valence-corrected chi connectivity index (χ1v) is 9.52. The van der Waals surface area contributed by atoms with Crippen LogP contribution in [0, 0.1) is 0 Å². The summed E-state index contributed by atoms with van der Waals surface area (Å²) in [6, 6.07) is 7.62. The van der Waals surface area contributed by atoms with Crippen molar-refractivity contribution in [3.63, 3.8) is 0 Å². The van der Waals surface area contributed by atoms with Crippen molar-refractivity contribution in [3.05, 3.63) is 58.6 Å². The van der Waals surface area contributed by atoms with E-state index < -0.39 is 5.97 Å². The van der Waals surface area contributed by atoms with Gasteiger partial charge in [-0.05, 0) is 37.1 Å². The molecule has 2 heterocycles. The molecule has 1 aromatic carbocycles. The molecule has 28 heavy (non-hydrogen) atoms. The molecule has 146 valence electrons. The van der Waals surface area contributed by atoms with Gasteiger partial charge in [0.25, 0.3) is 0 Å². The number of fused-ring (bicyclic) bond motifs is 1. The molecule has 0 aliphatic heterocycles. The van der Waals surface area contributed by atoms with E-state index in [4.69, 9.17) is 21.4 Å². The van der Waals surface area contributed by atoms with Crippen molar-refractivity contribution >= 4 is 29.3 Å². The average molecular weight is 399 g/mol. The third-order valence-electron chi connectivity index (χ3n) is 4.23. The number of hydrogen-bond acceptors (Lipinski definition) is 5. The number of aryl methyl sites for hydroxylation is 1.